The van der Waals surface area contributed by atoms with Crippen LogP contribution in [0.5, 0.6) is 0 Å². The van der Waals surface area contributed by atoms with Gasteiger partial charge >= 0.3 is 0 Å². The molecule has 1 aromatic rings. The fourth-order valence-corrected chi connectivity index (χ4v) is 2.22. The summed E-state index contributed by atoms with van der Waals surface area (Å²) in [5, 5.41) is 0. The van der Waals surface area contributed by atoms with E-state index in [1.807, 2.05) is 27.1 Å². The molecule has 2 unspecified atom stereocenters. The molecule has 1 aromatic heterocycles. The fraction of sp³-hybridized carbons (Fsp3) is 0.615. The lowest BCUT2D eigenvalue weighted by Crippen LogP contribution is -2.53. The van der Waals surface area contributed by atoms with Crippen molar-refractivity contribution in [3.05, 3.63) is 23.4 Å². The lowest BCUT2D eigenvalue weighted by atomic mass is 9.83. The van der Waals surface area contributed by atoms with E-state index in [4.69, 9.17) is 11.6 Å². The molecule has 0 saturated carbocycles. The Morgan fingerprint density at radius 2 is 2.11 bits per heavy atom. The van der Waals surface area contributed by atoms with Gasteiger partial charge in [-0.15, -0.1) is 0 Å². The Hall–Kier alpha value is -1.17. The molecule has 5 nitrogen and oxygen atoms in total. The number of likely N-dealkylation sites (N-methyl/N-ethyl adjacent to an activating group) is 1. The van der Waals surface area contributed by atoms with Crippen LogP contribution in [0.4, 0.5) is 5.82 Å². The number of nitrogens with one attached hydrogen (secondary N) is 1. The first-order valence-electron chi connectivity index (χ1n) is 6.22. The molecule has 0 fully saturated rings. The highest BCUT2D eigenvalue weighted by Gasteiger charge is 2.36. The number of hydrogen-bond donors (Lipinski definition) is 3. The summed E-state index contributed by atoms with van der Waals surface area (Å²) < 4.78 is 0. The standard InChI is InChI=1S/C13H25N5/c1-6-13(3,18(4)5)11(17-15)10-7-9(2)8-16-12(10)14/h7-8,11,17H,6,15H2,1-5H3,(H2,14,16). The highest BCUT2D eigenvalue weighted by molar-refractivity contribution is 5.44. The van der Waals surface area contributed by atoms with Gasteiger partial charge in [0.15, 0.2) is 0 Å². The third kappa shape index (κ3) is 2.63. The molecule has 102 valence electrons. The van der Waals surface area contributed by atoms with E-state index in [9.17, 15) is 0 Å². The summed E-state index contributed by atoms with van der Waals surface area (Å²) in [7, 11) is 4.10. The maximum absolute atomic E-state index is 5.99. The number of nitrogens with two attached hydrogens (primary N) is 2. The third-order valence-electron chi connectivity index (χ3n) is 3.92. The van der Waals surface area contributed by atoms with Gasteiger partial charge in [0.25, 0.3) is 0 Å². The van der Waals surface area contributed by atoms with E-state index in [0.29, 0.717) is 5.82 Å². The van der Waals surface area contributed by atoms with Gasteiger partial charge in [-0.1, -0.05) is 6.92 Å². The number of aryl methyl sites for hydroxylation is 1. The number of hydrogen-bond acceptors (Lipinski definition) is 5. The second-order valence-corrected chi connectivity index (χ2v) is 5.19. The highest BCUT2D eigenvalue weighted by Crippen LogP contribution is 2.34. The van der Waals surface area contributed by atoms with Crippen molar-refractivity contribution in [1.29, 1.82) is 0 Å². The monoisotopic (exact) mass is 251 g/mol. The van der Waals surface area contributed by atoms with Crippen molar-refractivity contribution in [2.75, 3.05) is 19.8 Å². The second kappa shape index (κ2) is 5.65. The van der Waals surface area contributed by atoms with Gasteiger partial charge in [-0.3, -0.25) is 11.3 Å². The molecule has 5 heteroatoms. The van der Waals surface area contributed by atoms with Gasteiger partial charge in [-0.2, -0.15) is 0 Å². The number of nitrogen functional groups attached to an aromatic ring is 1. The van der Waals surface area contributed by atoms with Crippen molar-refractivity contribution in [3.63, 3.8) is 0 Å². The molecule has 0 aliphatic carbocycles. The molecule has 0 aliphatic heterocycles. The first-order valence-corrected chi connectivity index (χ1v) is 6.22. The number of hydrazine groups is 1. The fourth-order valence-electron chi connectivity index (χ4n) is 2.22. The van der Waals surface area contributed by atoms with Crippen molar-refractivity contribution >= 4 is 5.82 Å². The first-order chi connectivity index (χ1) is 8.36. The average molecular weight is 251 g/mol. The zero-order valence-electron chi connectivity index (χ0n) is 12.0. The molecular formula is C13H25N5. The molecule has 1 heterocycles. The highest BCUT2D eigenvalue weighted by atomic mass is 15.3. The van der Waals surface area contributed by atoms with Gasteiger partial charge in [0.1, 0.15) is 5.82 Å². The molecule has 0 aromatic carbocycles. The van der Waals surface area contributed by atoms with Gasteiger partial charge in [-0.05, 0) is 46.0 Å². The lowest BCUT2D eigenvalue weighted by Gasteiger charge is -2.42. The molecule has 5 N–H and O–H groups in total. The maximum Gasteiger partial charge on any atom is 0.128 e. The Labute approximate surface area is 110 Å². The number of rotatable bonds is 5. The van der Waals surface area contributed by atoms with Crippen molar-refractivity contribution in [2.24, 2.45) is 5.84 Å². The van der Waals surface area contributed by atoms with Gasteiger partial charge in [-0.25, -0.2) is 4.98 Å². The summed E-state index contributed by atoms with van der Waals surface area (Å²) >= 11 is 0. The minimum Gasteiger partial charge on any atom is -0.383 e. The van der Waals surface area contributed by atoms with Gasteiger partial charge in [0.05, 0.1) is 6.04 Å². The predicted molar refractivity (Wildman–Crippen MR) is 75.8 cm³/mol. The zero-order chi connectivity index (χ0) is 13.9. The van der Waals surface area contributed by atoms with Gasteiger partial charge < -0.3 is 10.6 Å². The molecule has 0 radical (unpaired) electrons. The molecule has 0 bridgehead atoms. The smallest absolute Gasteiger partial charge is 0.128 e. The topological polar surface area (TPSA) is 80.2 Å². The van der Waals surface area contributed by atoms with E-state index in [-0.39, 0.29) is 11.6 Å². The zero-order valence-corrected chi connectivity index (χ0v) is 12.0. The van der Waals surface area contributed by atoms with Gasteiger partial charge in [0, 0.05) is 17.3 Å². The molecular weight excluding hydrogens is 226 g/mol. The Bertz CT molecular complexity index is 404. The van der Waals surface area contributed by atoms with Crippen molar-refractivity contribution in [3.8, 4) is 0 Å². The van der Waals surface area contributed by atoms with Crippen LogP contribution >= 0.6 is 0 Å². The minimum absolute atomic E-state index is 0.0649. The van der Waals surface area contributed by atoms with E-state index < -0.39 is 0 Å². The van der Waals surface area contributed by atoms with Crippen LogP contribution in [0, 0.1) is 6.92 Å². The summed E-state index contributed by atoms with van der Waals surface area (Å²) in [5.74, 6) is 6.30. The number of anilines is 1. The van der Waals surface area contributed by atoms with Crippen LogP contribution in [0.1, 0.15) is 37.4 Å². The Morgan fingerprint density at radius 3 is 2.56 bits per heavy atom. The maximum atomic E-state index is 5.99. The molecule has 18 heavy (non-hydrogen) atoms. The summed E-state index contributed by atoms with van der Waals surface area (Å²) in [5.41, 5.74) is 10.8. The second-order valence-electron chi connectivity index (χ2n) is 5.19. The molecule has 0 spiro atoms. The van der Waals surface area contributed by atoms with E-state index in [2.05, 4.69) is 29.2 Å². The van der Waals surface area contributed by atoms with Crippen LogP contribution < -0.4 is 17.0 Å². The van der Waals surface area contributed by atoms with Gasteiger partial charge in [0.2, 0.25) is 0 Å². The quantitative estimate of drug-likeness (QED) is 0.541. The van der Waals surface area contributed by atoms with Crippen LogP contribution in [-0.4, -0.2) is 29.5 Å². The van der Waals surface area contributed by atoms with Crippen molar-refractivity contribution < 1.29 is 0 Å². The van der Waals surface area contributed by atoms with Crippen LogP contribution in [0.25, 0.3) is 0 Å². The third-order valence-corrected chi connectivity index (χ3v) is 3.92. The summed E-state index contributed by atoms with van der Waals surface area (Å²) in [6, 6.07) is 1.98. The van der Waals surface area contributed by atoms with E-state index in [1.54, 1.807) is 6.20 Å². The van der Waals surface area contributed by atoms with Crippen molar-refractivity contribution in [1.82, 2.24) is 15.3 Å². The Kier molecular flexibility index (Phi) is 4.67. The summed E-state index contributed by atoms with van der Waals surface area (Å²) in [4.78, 5) is 6.38. The van der Waals surface area contributed by atoms with E-state index in [0.717, 1.165) is 17.5 Å². The number of nitrogens with zero attached hydrogens (tertiary/aromatic N) is 2. The van der Waals surface area contributed by atoms with Crippen molar-refractivity contribution in [2.45, 2.75) is 38.8 Å². The largest absolute Gasteiger partial charge is 0.383 e. The van der Waals surface area contributed by atoms with E-state index in [1.165, 1.54) is 0 Å². The van der Waals surface area contributed by atoms with E-state index >= 15 is 0 Å². The van der Waals surface area contributed by atoms with Crippen LogP contribution in [-0.2, 0) is 0 Å². The molecule has 0 aliphatic rings. The van der Waals surface area contributed by atoms with Crippen LogP contribution in [0.3, 0.4) is 0 Å². The SMILES string of the molecule is CCC(C)(C(NN)c1cc(C)cnc1N)N(C)C. The summed E-state index contributed by atoms with van der Waals surface area (Å²) in [6.07, 6.45) is 2.72. The number of pyridine rings is 1. The molecule has 0 saturated heterocycles. The number of aromatic nitrogens is 1. The normalized spacial score (nSPS) is 16.6. The first kappa shape index (κ1) is 14.9. The van der Waals surface area contributed by atoms with Crippen LogP contribution in [0.2, 0.25) is 0 Å². The average Bonchev–Trinajstić information content (AvgIpc) is 2.33. The Morgan fingerprint density at radius 1 is 1.50 bits per heavy atom. The molecule has 2 atom stereocenters. The molecule has 0 amide bonds. The molecule has 1 rings (SSSR count). The minimum atomic E-state index is -0.127. The predicted octanol–water partition coefficient (Wildman–Crippen LogP) is 1.21. The Balaban J connectivity index is 3.28. The summed E-state index contributed by atoms with van der Waals surface area (Å²) in [6.45, 7) is 6.31. The van der Waals surface area contributed by atoms with Crippen LogP contribution in [0.15, 0.2) is 12.3 Å². The lowest BCUT2D eigenvalue weighted by molar-refractivity contribution is 0.113.